The van der Waals surface area contributed by atoms with Gasteiger partial charge in [0, 0.05) is 5.56 Å². The maximum atomic E-state index is 11.5. The third kappa shape index (κ3) is 2.33. The van der Waals surface area contributed by atoms with Crippen LogP contribution < -0.4 is 0 Å². The highest BCUT2D eigenvalue weighted by molar-refractivity contribution is 6.67. The molecule has 3 aromatic rings. The van der Waals surface area contributed by atoms with Crippen LogP contribution in [-0.2, 0) is 0 Å². The predicted molar refractivity (Wildman–Crippen MR) is 77.0 cm³/mol. The number of hydrogen-bond donors (Lipinski definition) is 0. The summed E-state index contributed by atoms with van der Waals surface area (Å²) in [4.78, 5) is 12.9. The Morgan fingerprint density at radius 1 is 0.900 bits per heavy atom. The van der Waals surface area contributed by atoms with Crippen molar-refractivity contribution in [1.29, 1.82) is 0 Å². The molecule has 5 heteroatoms. The lowest BCUT2D eigenvalue weighted by Gasteiger charge is -1.97. The average Bonchev–Trinajstić information content (AvgIpc) is 2.94. The molecule has 0 radical (unpaired) electrons. The molecule has 0 fully saturated rings. The first kappa shape index (κ1) is 12.6. The third-order valence-electron chi connectivity index (χ3n) is 2.83. The first-order chi connectivity index (χ1) is 9.75. The van der Waals surface area contributed by atoms with Crippen LogP contribution in [0.1, 0.15) is 10.5 Å². The molecule has 0 N–H and O–H groups in total. The summed E-state index contributed by atoms with van der Waals surface area (Å²) in [6.07, 6.45) is 0. The van der Waals surface area contributed by atoms with Gasteiger partial charge in [0.1, 0.15) is 5.69 Å². The number of aromatic nitrogens is 3. The van der Waals surface area contributed by atoms with E-state index in [9.17, 15) is 4.79 Å². The summed E-state index contributed by atoms with van der Waals surface area (Å²) >= 11 is 5.60. The van der Waals surface area contributed by atoms with Crippen LogP contribution in [0, 0.1) is 0 Å². The zero-order chi connectivity index (χ0) is 13.9. The van der Waals surface area contributed by atoms with Gasteiger partial charge in [0.25, 0.3) is 5.24 Å². The minimum absolute atomic E-state index is 0.154. The minimum Gasteiger partial charge on any atom is -0.274 e. The van der Waals surface area contributed by atoms with E-state index in [0.29, 0.717) is 5.69 Å². The molecule has 0 atom stereocenters. The van der Waals surface area contributed by atoms with Crippen molar-refractivity contribution in [2.45, 2.75) is 0 Å². The van der Waals surface area contributed by atoms with E-state index in [1.54, 1.807) is 0 Å². The molecule has 0 aliphatic rings. The SMILES string of the molecule is O=C(Cl)c1nn(-c2ccccc2)nc1-c1ccccc1. The molecule has 2 aromatic carbocycles. The summed E-state index contributed by atoms with van der Waals surface area (Å²) in [6, 6.07) is 18.7. The first-order valence-electron chi connectivity index (χ1n) is 6.04. The number of rotatable bonds is 3. The monoisotopic (exact) mass is 283 g/mol. The molecule has 0 saturated heterocycles. The van der Waals surface area contributed by atoms with Gasteiger partial charge in [-0.3, -0.25) is 4.79 Å². The Kier molecular flexibility index (Phi) is 3.31. The maximum absolute atomic E-state index is 11.5. The highest BCUT2D eigenvalue weighted by Gasteiger charge is 2.18. The van der Waals surface area contributed by atoms with E-state index in [4.69, 9.17) is 11.6 Å². The Labute approximate surface area is 120 Å². The van der Waals surface area contributed by atoms with Crippen molar-refractivity contribution in [2.24, 2.45) is 0 Å². The molecule has 0 saturated carbocycles. The summed E-state index contributed by atoms with van der Waals surface area (Å²) in [5, 5.41) is 7.93. The fraction of sp³-hybridized carbons (Fsp3) is 0. The molecule has 98 valence electrons. The van der Waals surface area contributed by atoms with Gasteiger partial charge in [-0.05, 0) is 23.7 Å². The molecule has 3 rings (SSSR count). The summed E-state index contributed by atoms with van der Waals surface area (Å²) < 4.78 is 0. The fourth-order valence-electron chi connectivity index (χ4n) is 1.91. The van der Waals surface area contributed by atoms with Crippen molar-refractivity contribution >= 4 is 16.8 Å². The zero-order valence-corrected chi connectivity index (χ0v) is 11.2. The Morgan fingerprint density at radius 2 is 1.50 bits per heavy atom. The van der Waals surface area contributed by atoms with Crippen molar-refractivity contribution in [3.05, 3.63) is 66.4 Å². The van der Waals surface area contributed by atoms with E-state index in [1.807, 2.05) is 60.7 Å². The number of benzene rings is 2. The second-order valence-electron chi connectivity index (χ2n) is 4.16. The lowest BCUT2D eigenvalue weighted by molar-refractivity contribution is 0.107. The van der Waals surface area contributed by atoms with Crippen molar-refractivity contribution in [1.82, 2.24) is 15.0 Å². The molecule has 0 aliphatic carbocycles. The normalized spacial score (nSPS) is 10.4. The number of para-hydroxylation sites is 1. The van der Waals surface area contributed by atoms with Crippen LogP contribution in [0.2, 0.25) is 0 Å². The second kappa shape index (κ2) is 5.27. The van der Waals surface area contributed by atoms with E-state index in [0.717, 1.165) is 11.3 Å². The van der Waals surface area contributed by atoms with E-state index in [-0.39, 0.29) is 5.69 Å². The first-order valence-corrected chi connectivity index (χ1v) is 6.41. The lowest BCUT2D eigenvalue weighted by Crippen LogP contribution is -1.99. The topological polar surface area (TPSA) is 47.8 Å². The van der Waals surface area contributed by atoms with Gasteiger partial charge in [-0.2, -0.15) is 4.80 Å². The Morgan fingerprint density at radius 3 is 2.10 bits per heavy atom. The average molecular weight is 284 g/mol. The Balaban J connectivity index is 2.15. The van der Waals surface area contributed by atoms with Gasteiger partial charge in [0.2, 0.25) is 0 Å². The summed E-state index contributed by atoms with van der Waals surface area (Å²) in [5.74, 6) is 0. The molecule has 0 spiro atoms. The van der Waals surface area contributed by atoms with Crippen LogP contribution in [0.4, 0.5) is 0 Å². The molecule has 20 heavy (non-hydrogen) atoms. The highest BCUT2D eigenvalue weighted by atomic mass is 35.5. The zero-order valence-electron chi connectivity index (χ0n) is 10.4. The smallest absolute Gasteiger partial charge is 0.274 e. The van der Waals surface area contributed by atoms with E-state index < -0.39 is 5.24 Å². The third-order valence-corrected chi connectivity index (χ3v) is 3.01. The molecular formula is C15H10ClN3O. The van der Waals surface area contributed by atoms with E-state index >= 15 is 0 Å². The van der Waals surface area contributed by atoms with Gasteiger partial charge in [-0.1, -0.05) is 48.5 Å². The van der Waals surface area contributed by atoms with Crippen LogP contribution in [0.15, 0.2) is 60.7 Å². The number of carbonyl (C=O) groups is 1. The number of carbonyl (C=O) groups excluding carboxylic acids is 1. The maximum Gasteiger partial charge on any atom is 0.275 e. The van der Waals surface area contributed by atoms with Gasteiger partial charge >= 0.3 is 0 Å². The number of nitrogens with zero attached hydrogens (tertiary/aromatic N) is 3. The quantitative estimate of drug-likeness (QED) is 0.693. The van der Waals surface area contributed by atoms with Gasteiger partial charge < -0.3 is 0 Å². The summed E-state index contributed by atoms with van der Waals surface area (Å²) in [6.45, 7) is 0. The van der Waals surface area contributed by atoms with Gasteiger partial charge in [-0.25, -0.2) is 0 Å². The Bertz CT molecular complexity index is 738. The minimum atomic E-state index is -0.619. The molecular weight excluding hydrogens is 274 g/mol. The largest absolute Gasteiger partial charge is 0.275 e. The molecule has 0 bridgehead atoms. The molecule has 1 aromatic heterocycles. The highest BCUT2D eigenvalue weighted by Crippen LogP contribution is 2.22. The van der Waals surface area contributed by atoms with Gasteiger partial charge in [0.15, 0.2) is 5.69 Å². The lowest BCUT2D eigenvalue weighted by atomic mass is 10.1. The molecule has 0 unspecified atom stereocenters. The van der Waals surface area contributed by atoms with E-state index in [2.05, 4.69) is 10.2 Å². The van der Waals surface area contributed by atoms with Crippen LogP contribution in [0.3, 0.4) is 0 Å². The standard InChI is InChI=1S/C15H10ClN3O/c16-15(20)14-13(11-7-3-1-4-8-11)17-19(18-14)12-9-5-2-6-10-12/h1-10H. The van der Waals surface area contributed by atoms with Crippen LogP contribution in [0.25, 0.3) is 16.9 Å². The van der Waals surface area contributed by atoms with E-state index in [1.165, 1.54) is 4.80 Å². The summed E-state index contributed by atoms with van der Waals surface area (Å²) in [7, 11) is 0. The second-order valence-corrected chi connectivity index (χ2v) is 4.51. The van der Waals surface area contributed by atoms with Crippen LogP contribution in [-0.4, -0.2) is 20.2 Å². The fourth-order valence-corrected chi connectivity index (χ4v) is 2.03. The van der Waals surface area contributed by atoms with Gasteiger partial charge in [-0.15, -0.1) is 10.2 Å². The Hall–Kier alpha value is -2.46. The number of hydrogen-bond acceptors (Lipinski definition) is 3. The van der Waals surface area contributed by atoms with Crippen molar-refractivity contribution in [3.8, 4) is 16.9 Å². The van der Waals surface area contributed by atoms with Crippen LogP contribution in [0.5, 0.6) is 0 Å². The van der Waals surface area contributed by atoms with Crippen molar-refractivity contribution in [2.75, 3.05) is 0 Å². The van der Waals surface area contributed by atoms with Gasteiger partial charge in [0.05, 0.1) is 5.69 Å². The molecule has 1 heterocycles. The molecule has 0 amide bonds. The van der Waals surface area contributed by atoms with Crippen LogP contribution >= 0.6 is 11.6 Å². The van der Waals surface area contributed by atoms with Crippen molar-refractivity contribution in [3.63, 3.8) is 0 Å². The predicted octanol–water partition coefficient (Wildman–Crippen LogP) is 3.31. The summed E-state index contributed by atoms with van der Waals surface area (Å²) in [5.41, 5.74) is 2.21. The molecule has 0 aliphatic heterocycles. The molecule has 4 nitrogen and oxygen atoms in total. The number of halogens is 1. The van der Waals surface area contributed by atoms with Crippen molar-refractivity contribution < 1.29 is 4.79 Å².